The molecule has 1 heterocycles. The molecule has 1 aromatic carbocycles. The highest BCUT2D eigenvalue weighted by molar-refractivity contribution is 7.89. The van der Waals surface area contributed by atoms with Gasteiger partial charge in [-0.15, -0.1) is 0 Å². The molecule has 2 aliphatic carbocycles. The van der Waals surface area contributed by atoms with Gasteiger partial charge in [0.2, 0.25) is 15.9 Å². The Morgan fingerprint density at radius 3 is 2.12 bits per heavy atom. The van der Waals surface area contributed by atoms with Crippen molar-refractivity contribution in [3.05, 3.63) is 24.3 Å². The summed E-state index contributed by atoms with van der Waals surface area (Å²) in [6.45, 7) is 1.69. The SMILES string of the molecule is O=C(C1CC1)N1CCN(S(=O)(=O)c2ccc(OC3CCCC3)cc2)CC1. The lowest BCUT2D eigenvalue weighted by molar-refractivity contribution is -0.133. The van der Waals surface area contributed by atoms with Gasteiger partial charge in [-0.05, 0) is 62.8 Å². The number of amides is 1. The molecule has 26 heavy (non-hydrogen) atoms. The first-order valence-electron chi connectivity index (χ1n) is 9.60. The van der Waals surface area contributed by atoms with Crippen molar-refractivity contribution in [3.8, 4) is 5.75 Å². The van der Waals surface area contributed by atoms with E-state index in [1.807, 2.05) is 4.90 Å². The van der Waals surface area contributed by atoms with Crippen molar-refractivity contribution < 1.29 is 17.9 Å². The quantitative estimate of drug-likeness (QED) is 0.788. The van der Waals surface area contributed by atoms with Crippen LogP contribution in [-0.4, -0.2) is 55.8 Å². The normalized spacial score (nSPS) is 22.5. The first kappa shape index (κ1) is 17.8. The number of nitrogens with zero attached hydrogens (tertiary/aromatic N) is 2. The molecule has 0 atom stereocenters. The molecule has 1 aliphatic heterocycles. The lowest BCUT2D eigenvalue weighted by Gasteiger charge is -2.34. The number of ether oxygens (including phenoxy) is 1. The van der Waals surface area contributed by atoms with E-state index in [9.17, 15) is 13.2 Å². The van der Waals surface area contributed by atoms with Gasteiger partial charge in [0.1, 0.15) is 5.75 Å². The topological polar surface area (TPSA) is 66.9 Å². The summed E-state index contributed by atoms with van der Waals surface area (Å²) in [6.07, 6.45) is 6.76. The van der Waals surface area contributed by atoms with E-state index in [2.05, 4.69) is 0 Å². The average molecular weight is 378 g/mol. The van der Waals surface area contributed by atoms with E-state index in [0.29, 0.717) is 31.1 Å². The van der Waals surface area contributed by atoms with Crippen LogP contribution in [0.15, 0.2) is 29.2 Å². The van der Waals surface area contributed by atoms with Crippen molar-refractivity contribution >= 4 is 15.9 Å². The standard InChI is InChI=1S/C19H26N2O4S/c22-19(15-5-6-15)20-11-13-21(14-12-20)26(23,24)18-9-7-17(8-10-18)25-16-3-1-2-4-16/h7-10,15-16H,1-6,11-14H2. The lowest BCUT2D eigenvalue weighted by Crippen LogP contribution is -2.50. The zero-order chi connectivity index (χ0) is 18.1. The number of rotatable bonds is 5. The first-order chi connectivity index (χ1) is 12.5. The summed E-state index contributed by atoms with van der Waals surface area (Å²) < 4.78 is 33.1. The van der Waals surface area contributed by atoms with Crippen molar-refractivity contribution in [3.63, 3.8) is 0 Å². The summed E-state index contributed by atoms with van der Waals surface area (Å²) in [5, 5.41) is 0. The molecule has 7 heteroatoms. The van der Waals surface area contributed by atoms with E-state index in [-0.39, 0.29) is 17.9 Å². The Bertz CT molecular complexity index is 744. The van der Waals surface area contributed by atoms with Crippen LogP contribution in [0.1, 0.15) is 38.5 Å². The van der Waals surface area contributed by atoms with Gasteiger partial charge in [-0.3, -0.25) is 4.79 Å². The van der Waals surface area contributed by atoms with Crippen LogP contribution in [0.2, 0.25) is 0 Å². The van der Waals surface area contributed by atoms with Crippen LogP contribution in [-0.2, 0) is 14.8 Å². The molecule has 3 aliphatic rings. The third kappa shape index (κ3) is 3.74. The lowest BCUT2D eigenvalue weighted by atomic mass is 10.3. The Balaban J connectivity index is 1.37. The van der Waals surface area contributed by atoms with E-state index < -0.39 is 10.0 Å². The van der Waals surface area contributed by atoms with E-state index in [1.54, 1.807) is 24.3 Å². The number of piperazine rings is 1. The number of sulfonamides is 1. The Morgan fingerprint density at radius 2 is 1.54 bits per heavy atom. The maximum Gasteiger partial charge on any atom is 0.243 e. The molecular formula is C19H26N2O4S. The predicted molar refractivity (Wildman–Crippen MR) is 97.4 cm³/mol. The maximum absolute atomic E-state index is 12.8. The molecule has 1 saturated heterocycles. The van der Waals surface area contributed by atoms with Gasteiger partial charge >= 0.3 is 0 Å². The molecule has 0 N–H and O–H groups in total. The molecular weight excluding hydrogens is 352 g/mol. The molecule has 4 rings (SSSR count). The summed E-state index contributed by atoms with van der Waals surface area (Å²) in [6, 6.07) is 6.75. The van der Waals surface area contributed by atoms with E-state index in [4.69, 9.17) is 4.74 Å². The number of benzene rings is 1. The summed E-state index contributed by atoms with van der Waals surface area (Å²) in [5.41, 5.74) is 0. The monoisotopic (exact) mass is 378 g/mol. The van der Waals surface area contributed by atoms with Crippen LogP contribution in [0.4, 0.5) is 0 Å². The van der Waals surface area contributed by atoms with Gasteiger partial charge in [0.15, 0.2) is 0 Å². The molecule has 1 amide bonds. The highest BCUT2D eigenvalue weighted by Gasteiger charge is 2.36. The molecule has 6 nitrogen and oxygen atoms in total. The molecule has 1 aromatic rings. The summed E-state index contributed by atoms with van der Waals surface area (Å²) >= 11 is 0. The van der Waals surface area contributed by atoms with Gasteiger partial charge in [0, 0.05) is 32.1 Å². The van der Waals surface area contributed by atoms with Gasteiger partial charge in [-0.1, -0.05) is 0 Å². The molecule has 3 fully saturated rings. The van der Waals surface area contributed by atoms with Crippen LogP contribution >= 0.6 is 0 Å². The highest BCUT2D eigenvalue weighted by atomic mass is 32.2. The molecule has 0 bridgehead atoms. The largest absolute Gasteiger partial charge is 0.490 e. The number of hydrogen-bond donors (Lipinski definition) is 0. The van der Waals surface area contributed by atoms with E-state index >= 15 is 0 Å². The van der Waals surface area contributed by atoms with Crippen molar-refractivity contribution in [2.75, 3.05) is 26.2 Å². The van der Waals surface area contributed by atoms with Gasteiger partial charge in [-0.25, -0.2) is 8.42 Å². The minimum absolute atomic E-state index is 0.186. The Kier molecular flexibility index (Phi) is 4.92. The second kappa shape index (κ2) is 7.19. The van der Waals surface area contributed by atoms with Crippen molar-refractivity contribution in [1.82, 2.24) is 9.21 Å². The third-order valence-electron chi connectivity index (χ3n) is 5.54. The summed E-state index contributed by atoms with van der Waals surface area (Å²) in [4.78, 5) is 14.2. The second-order valence-electron chi connectivity index (χ2n) is 7.50. The number of carbonyl (C=O) groups is 1. The molecule has 142 valence electrons. The van der Waals surface area contributed by atoms with Gasteiger partial charge in [-0.2, -0.15) is 4.31 Å². The summed E-state index contributed by atoms with van der Waals surface area (Å²) in [5.74, 6) is 1.11. The zero-order valence-electron chi connectivity index (χ0n) is 15.0. The molecule has 2 saturated carbocycles. The smallest absolute Gasteiger partial charge is 0.243 e. The highest BCUT2D eigenvalue weighted by Crippen LogP contribution is 2.31. The van der Waals surface area contributed by atoms with Crippen molar-refractivity contribution in [2.24, 2.45) is 5.92 Å². The number of hydrogen-bond acceptors (Lipinski definition) is 4. The number of carbonyl (C=O) groups excluding carboxylic acids is 1. The Hall–Kier alpha value is -1.60. The minimum atomic E-state index is -3.52. The van der Waals surface area contributed by atoms with Gasteiger partial charge in [0.05, 0.1) is 11.0 Å². The Morgan fingerprint density at radius 1 is 0.923 bits per heavy atom. The van der Waals surface area contributed by atoms with Crippen LogP contribution < -0.4 is 4.74 Å². The first-order valence-corrected chi connectivity index (χ1v) is 11.0. The van der Waals surface area contributed by atoms with Crippen LogP contribution in [0, 0.1) is 5.92 Å². The van der Waals surface area contributed by atoms with Crippen LogP contribution in [0.25, 0.3) is 0 Å². The van der Waals surface area contributed by atoms with Crippen molar-refractivity contribution in [1.29, 1.82) is 0 Å². The zero-order valence-corrected chi connectivity index (χ0v) is 15.8. The third-order valence-corrected chi connectivity index (χ3v) is 7.46. The van der Waals surface area contributed by atoms with Gasteiger partial charge in [0.25, 0.3) is 0 Å². The molecule has 0 radical (unpaired) electrons. The predicted octanol–water partition coefficient (Wildman–Crippen LogP) is 2.25. The van der Waals surface area contributed by atoms with Crippen LogP contribution in [0.3, 0.4) is 0 Å². The fourth-order valence-electron chi connectivity index (χ4n) is 3.78. The molecule has 0 aromatic heterocycles. The maximum atomic E-state index is 12.8. The van der Waals surface area contributed by atoms with E-state index in [1.165, 1.54) is 17.1 Å². The fourth-order valence-corrected chi connectivity index (χ4v) is 5.20. The molecule has 0 unspecified atom stereocenters. The minimum Gasteiger partial charge on any atom is -0.490 e. The second-order valence-corrected chi connectivity index (χ2v) is 9.44. The van der Waals surface area contributed by atoms with Crippen LogP contribution in [0.5, 0.6) is 5.75 Å². The fraction of sp³-hybridized carbons (Fsp3) is 0.632. The van der Waals surface area contributed by atoms with Gasteiger partial charge < -0.3 is 9.64 Å². The summed E-state index contributed by atoms with van der Waals surface area (Å²) in [7, 11) is -3.52. The molecule has 0 spiro atoms. The van der Waals surface area contributed by atoms with E-state index in [0.717, 1.165) is 31.4 Å². The average Bonchev–Trinajstić information content (AvgIpc) is 3.39. The van der Waals surface area contributed by atoms with Crippen molar-refractivity contribution in [2.45, 2.75) is 49.5 Å². The Labute approximate surface area is 155 Å².